The SMILES string of the molecule is COc1cc([N+](=O)[O-])ccc1-c1ccc(/C=N/NC(=O)c2ccc3c(c2)OCO3)o1. The van der Waals surface area contributed by atoms with Crippen LogP contribution in [0.15, 0.2) is 58.0 Å². The van der Waals surface area contributed by atoms with Crippen LogP contribution in [0.1, 0.15) is 16.1 Å². The van der Waals surface area contributed by atoms with Crippen molar-refractivity contribution in [2.45, 2.75) is 0 Å². The molecule has 0 fully saturated rings. The lowest BCUT2D eigenvalue weighted by Gasteiger charge is -2.05. The molecule has 4 rings (SSSR count). The molecule has 0 radical (unpaired) electrons. The second kappa shape index (κ2) is 7.95. The number of nitro groups is 1. The van der Waals surface area contributed by atoms with Gasteiger partial charge in [0.2, 0.25) is 6.79 Å². The van der Waals surface area contributed by atoms with E-state index in [2.05, 4.69) is 10.5 Å². The van der Waals surface area contributed by atoms with Crippen LogP contribution in [0.3, 0.4) is 0 Å². The molecule has 1 aromatic heterocycles. The van der Waals surface area contributed by atoms with E-state index in [0.29, 0.717) is 39.9 Å². The first-order valence-corrected chi connectivity index (χ1v) is 8.71. The van der Waals surface area contributed by atoms with E-state index in [4.69, 9.17) is 18.6 Å². The minimum Gasteiger partial charge on any atom is -0.496 e. The smallest absolute Gasteiger partial charge is 0.273 e. The summed E-state index contributed by atoms with van der Waals surface area (Å²) in [6.07, 6.45) is 1.34. The maximum absolute atomic E-state index is 12.2. The topological polar surface area (TPSA) is 125 Å². The number of furan rings is 1. The van der Waals surface area contributed by atoms with Gasteiger partial charge >= 0.3 is 0 Å². The van der Waals surface area contributed by atoms with Crippen molar-refractivity contribution in [3.8, 4) is 28.6 Å². The molecule has 0 atom stereocenters. The summed E-state index contributed by atoms with van der Waals surface area (Å²) >= 11 is 0. The molecule has 30 heavy (non-hydrogen) atoms. The lowest BCUT2D eigenvalue weighted by Crippen LogP contribution is -2.17. The Balaban J connectivity index is 1.45. The molecule has 1 aliphatic rings. The number of hydrogen-bond acceptors (Lipinski definition) is 8. The van der Waals surface area contributed by atoms with Gasteiger partial charge < -0.3 is 18.6 Å². The van der Waals surface area contributed by atoms with Gasteiger partial charge in [-0.15, -0.1) is 0 Å². The molecule has 1 N–H and O–H groups in total. The van der Waals surface area contributed by atoms with Crippen molar-refractivity contribution in [2.24, 2.45) is 5.10 Å². The fourth-order valence-electron chi connectivity index (χ4n) is 2.82. The molecular weight excluding hydrogens is 394 g/mol. The summed E-state index contributed by atoms with van der Waals surface area (Å²) in [7, 11) is 1.42. The third kappa shape index (κ3) is 3.78. The van der Waals surface area contributed by atoms with Crippen molar-refractivity contribution >= 4 is 17.8 Å². The number of ether oxygens (including phenoxy) is 3. The Bertz CT molecular complexity index is 1150. The van der Waals surface area contributed by atoms with Crippen LogP contribution in [0.25, 0.3) is 11.3 Å². The van der Waals surface area contributed by atoms with Crippen molar-refractivity contribution in [1.82, 2.24) is 5.43 Å². The molecule has 0 saturated carbocycles. The maximum atomic E-state index is 12.2. The fourth-order valence-corrected chi connectivity index (χ4v) is 2.82. The van der Waals surface area contributed by atoms with E-state index in [0.717, 1.165) is 0 Å². The zero-order chi connectivity index (χ0) is 21.1. The number of nitrogens with one attached hydrogen (secondary N) is 1. The number of carbonyl (C=O) groups excluding carboxylic acids is 1. The predicted octanol–water partition coefficient (Wildman–Crippen LogP) is 3.36. The largest absolute Gasteiger partial charge is 0.496 e. The van der Waals surface area contributed by atoms with Gasteiger partial charge in [0.1, 0.15) is 17.3 Å². The molecule has 1 amide bonds. The minimum absolute atomic E-state index is 0.0878. The number of fused-ring (bicyclic) bond motifs is 1. The van der Waals surface area contributed by atoms with Gasteiger partial charge in [0.15, 0.2) is 11.5 Å². The highest BCUT2D eigenvalue weighted by Crippen LogP contribution is 2.34. The number of benzene rings is 2. The van der Waals surface area contributed by atoms with Gasteiger partial charge in [-0.2, -0.15) is 5.10 Å². The Morgan fingerprint density at radius 3 is 2.80 bits per heavy atom. The Morgan fingerprint density at radius 2 is 2.00 bits per heavy atom. The second-order valence-corrected chi connectivity index (χ2v) is 6.11. The van der Waals surface area contributed by atoms with Crippen LogP contribution in [0.2, 0.25) is 0 Å². The quantitative estimate of drug-likeness (QED) is 0.376. The van der Waals surface area contributed by atoms with E-state index in [-0.39, 0.29) is 12.5 Å². The second-order valence-electron chi connectivity index (χ2n) is 6.11. The summed E-state index contributed by atoms with van der Waals surface area (Å²) < 4.78 is 21.3. The molecule has 2 heterocycles. The van der Waals surface area contributed by atoms with Crippen molar-refractivity contribution < 1.29 is 28.3 Å². The van der Waals surface area contributed by atoms with Crippen LogP contribution in [0.4, 0.5) is 5.69 Å². The molecule has 152 valence electrons. The molecule has 10 heteroatoms. The summed E-state index contributed by atoms with van der Waals surface area (Å²) in [5.74, 6) is 1.77. The van der Waals surface area contributed by atoms with Gasteiger partial charge in [0.25, 0.3) is 11.6 Å². The molecular formula is C20H15N3O7. The molecule has 0 saturated heterocycles. The van der Waals surface area contributed by atoms with Gasteiger partial charge in [0, 0.05) is 11.6 Å². The average molecular weight is 409 g/mol. The molecule has 10 nitrogen and oxygen atoms in total. The van der Waals surface area contributed by atoms with Gasteiger partial charge in [-0.25, -0.2) is 5.43 Å². The van der Waals surface area contributed by atoms with Crippen LogP contribution in [0.5, 0.6) is 17.2 Å². The number of rotatable bonds is 6. The lowest BCUT2D eigenvalue weighted by atomic mass is 10.1. The van der Waals surface area contributed by atoms with Gasteiger partial charge in [-0.05, 0) is 36.4 Å². The minimum atomic E-state index is -0.505. The molecule has 0 unspecified atom stereocenters. The monoisotopic (exact) mass is 409 g/mol. The number of nitrogens with zero attached hydrogens (tertiary/aromatic N) is 2. The summed E-state index contributed by atoms with van der Waals surface area (Å²) in [6.45, 7) is 0.124. The number of hydrogen-bond donors (Lipinski definition) is 1. The van der Waals surface area contributed by atoms with Crippen molar-refractivity contribution in [3.05, 3.63) is 70.0 Å². The summed E-state index contributed by atoms with van der Waals surface area (Å²) in [5.41, 5.74) is 3.23. The number of nitro benzene ring substituents is 1. The number of carbonyl (C=O) groups is 1. The van der Waals surface area contributed by atoms with Crippen molar-refractivity contribution in [1.29, 1.82) is 0 Å². The third-order valence-electron chi connectivity index (χ3n) is 4.28. The molecule has 0 aliphatic carbocycles. The van der Waals surface area contributed by atoms with E-state index in [1.807, 2.05) is 0 Å². The van der Waals surface area contributed by atoms with E-state index >= 15 is 0 Å². The van der Waals surface area contributed by atoms with E-state index in [1.165, 1.54) is 31.5 Å². The number of non-ortho nitro benzene ring substituents is 1. The molecule has 1 aliphatic heterocycles. The highest BCUT2D eigenvalue weighted by molar-refractivity contribution is 5.95. The van der Waals surface area contributed by atoms with Crippen molar-refractivity contribution in [3.63, 3.8) is 0 Å². The van der Waals surface area contributed by atoms with Crippen LogP contribution in [0, 0.1) is 10.1 Å². The first-order valence-electron chi connectivity index (χ1n) is 8.71. The Hall–Kier alpha value is -4.34. The summed E-state index contributed by atoms with van der Waals surface area (Å²) in [5, 5.41) is 14.8. The standard InChI is InChI=1S/C20H15N3O7/c1-27-18-9-13(23(25)26)3-5-15(18)16-7-4-14(30-16)10-21-22-20(24)12-2-6-17-19(8-12)29-11-28-17/h2-10H,11H2,1H3,(H,22,24)/b21-10+. The zero-order valence-corrected chi connectivity index (χ0v) is 15.7. The van der Waals surface area contributed by atoms with E-state index in [9.17, 15) is 14.9 Å². The molecule has 2 aromatic carbocycles. The number of hydrazone groups is 1. The Labute approximate surface area is 169 Å². The van der Waals surface area contributed by atoms with Gasteiger partial charge in [-0.1, -0.05) is 0 Å². The van der Waals surface area contributed by atoms with Crippen LogP contribution < -0.4 is 19.6 Å². The average Bonchev–Trinajstić information content (AvgIpc) is 3.42. The van der Waals surface area contributed by atoms with Crippen LogP contribution in [-0.4, -0.2) is 30.9 Å². The van der Waals surface area contributed by atoms with Crippen LogP contribution >= 0.6 is 0 Å². The predicted molar refractivity (Wildman–Crippen MR) is 105 cm³/mol. The lowest BCUT2D eigenvalue weighted by molar-refractivity contribution is -0.384. The van der Waals surface area contributed by atoms with Gasteiger partial charge in [0.05, 0.1) is 29.9 Å². The Kier molecular flexibility index (Phi) is 5.04. The van der Waals surface area contributed by atoms with Crippen molar-refractivity contribution in [2.75, 3.05) is 13.9 Å². The van der Waals surface area contributed by atoms with E-state index < -0.39 is 10.8 Å². The first-order chi connectivity index (χ1) is 14.5. The highest BCUT2D eigenvalue weighted by Gasteiger charge is 2.17. The maximum Gasteiger partial charge on any atom is 0.273 e. The summed E-state index contributed by atoms with van der Waals surface area (Å²) in [4.78, 5) is 22.6. The molecule has 0 bridgehead atoms. The normalized spacial score (nSPS) is 12.2. The van der Waals surface area contributed by atoms with E-state index in [1.54, 1.807) is 30.3 Å². The highest BCUT2D eigenvalue weighted by atomic mass is 16.7. The Morgan fingerprint density at radius 1 is 1.17 bits per heavy atom. The zero-order valence-electron chi connectivity index (χ0n) is 15.7. The molecule has 3 aromatic rings. The molecule has 0 spiro atoms. The third-order valence-corrected chi connectivity index (χ3v) is 4.28. The summed E-state index contributed by atoms with van der Waals surface area (Å²) in [6, 6.07) is 12.4. The number of amides is 1. The van der Waals surface area contributed by atoms with Crippen LogP contribution in [-0.2, 0) is 0 Å². The number of methoxy groups -OCH3 is 1. The van der Waals surface area contributed by atoms with Gasteiger partial charge in [-0.3, -0.25) is 14.9 Å². The fraction of sp³-hybridized carbons (Fsp3) is 0.100. The first kappa shape index (κ1) is 19.0.